The van der Waals surface area contributed by atoms with Gasteiger partial charge in [-0.3, -0.25) is 4.90 Å². The molecule has 0 amide bonds. The van der Waals surface area contributed by atoms with Gasteiger partial charge in [-0.1, -0.05) is 59.3 Å². The highest BCUT2D eigenvalue weighted by molar-refractivity contribution is 7.17. The molecule has 0 radical (unpaired) electrons. The molecular formula is C22H22ClN5OS. The zero-order chi connectivity index (χ0) is 20.7. The van der Waals surface area contributed by atoms with E-state index in [2.05, 4.69) is 38.1 Å². The Balaban J connectivity index is 1.46. The highest BCUT2D eigenvalue weighted by Gasteiger charge is 2.31. The van der Waals surface area contributed by atoms with Crippen molar-refractivity contribution in [3.05, 3.63) is 75.9 Å². The number of rotatable bonds is 4. The van der Waals surface area contributed by atoms with E-state index in [1.807, 2.05) is 43.3 Å². The lowest BCUT2D eigenvalue weighted by atomic mass is 10.0. The van der Waals surface area contributed by atoms with Gasteiger partial charge in [0.05, 0.1) is 10.9 Å². The number of piperazine rings is 1. The SMILES string of the molecule is Cc1nc2sc(C(c3ccccc3)N3CCN(c4cccc(Cl)c4)CC3)c(O)n2n1. The Kier molecular flexibility index (Phi) is 5.10. The smallest absolute Gasteiger partial charge is 0.230 e. The summed E-state index contributed by atoms with van der Waals surface area (Å²) in [4.78, 5) is 10.8. The van der Waals surface area contributed by atoms with Crippen molar-refractivity contribution in [1.82, 2.24) is 19.5 Å². The Morgan fingerprint density at radius 1 is 1.03 bits per heavy atom. The molecule has 6 nitrogen and oxygen atoms in total. The van der Waals surface area contributed by atoms with Crippen molar-refractivity contribution in [3.8, 4) is 5.88 Å². The van der Waals surface area contributed by atoms with Crippen LogP contribution in [0.5, 0.6) is 5.88 Å². The number of thiazole rings is 1. The molecule has 154 valence electrons. The molecule has 0 bridgehead atoms. The van der Waals surface area contributed by atoms with Crippen LogP contribution in [-0.4, -0.2) is 50.8 Å². The van der Waals surface area contributed by atoms with Gasteiger partial charge < -0.3 is 10.0 Å². The van der Waals surface area contributed by atoms with Crippen LogP contribution in [0.1, 0.15) is 22.3 Å². The summed E-state index contributed by atoms with van der Waals surface area (Å²) in [5.74, 6) is 0.844. The Morgan fingerprint density at radius 3 is 2.50 bits per heavy atom. The van der Waals surface area contributed by atoms with Gasteiger partial charge >= 0.3 is 0 Å². The molecule has 1 atom stereocenters. The first-order valence-corrected chi connectivity index (χ1v) is 11.1. The van der Waals surface area contributed by atoms with Gasteiger partial charge in [0.25, 0.3) is 0 Å². The average molecular weight is 440 g/mol. The highest BCUT2D eigenvalue weighted by Crippen LogP contribution is 2.40. The zero-order valence-corrected chi connectivity index (χ0v) is 18.1. The molecule has 1 aliphatic rings. The average Bonchev–Trinajstić information content (AvgIpc) is 3.27. The fourth-order valence-corrected chi connectivity index (χ4v) is 5.45. The number of hydrogen-bond donors (Lipinski definition) is 1. The van der Waals surface area contributed by atoms with E-state index < -0.39 is 0 Å². The van der Waals surface area contributed by atoms with E-state index in [1.165, 1.54) is 11.3 Å². The van der Waals surface area contributed by atoms with Crippen LogP contribution in [0.3, 0.4) is 0 Å². The maximum atomic E-state index is 10.9. The molecule has 2 aromatic heterocycles. The third-order valence-electron chi connectivity index (χ3n) is 5.52. The van der Waals surface area contributed by atoms with Crippen LogP contribution in [0.4, 0.5) is 5.69 Å². The Labute approximate surface area is 184 Å². The topological polar surface area (TPSA) is 56.9 Å². The number of hydrogen-bond acceptors (Lipinski definition) is 6. The van der Waals surface area contributed by atoms with Gasteiger partial charge in [0.1, 0.15) is 5.82 Å². The van der Waals surface area contributed by atoms with Gasteiger partial charge in [0.15, 0.2) is 0 Å². The largest absolute Gasteiger partial charge is 0.492 e. The first-order valence-electron chi connectivity index (χ1n) is 9.94. The number of fused-ring (bicyclic) bond motifs is 1. The van der Waals surface area contributed by atoms with Crippen molar-refractivity contribution in [2.24, 2.45) is 0 Å². The molecule has 1 aliphatic heterocycles. The second-order valence-corrected chi connectivity index (χ2v) is 8.90. The molecule has 1 fully saturated rings. The van der Waals surface area contributed by atoms with Crippen LogP contribution in [0, 0.1) is 6.92 Å². The minimum atomic E-state index is -0.0403. The monoisotopic (exact) mass is 439 g/mol. The van der Waals surface area contributed by atoms with Crippen molar-refractivity contribution in [2.75, 3.05) is 31.1 Å². The summed E-state index contributed by atoms with van der Waals surface area (Å²) in [5.41, 5.74) is 2.31. The predicted octanol–water partition coefficient (Wildman–Crippen LogP) is 4.37. The molecular weight excluding hydrogens is 418 g/mol. The van der Waals surface area contributed by atoms with E-state index >= 15 is 0 Å². The lowest BCUT2D eigenvalue weighted by Crippen LogP contribution is -2.47. The number of halogens is 1. The van der Waals surface area contributed by atoms with Gasteiger partial charge in [-0.05, 0) is 30.7 Å². The lowest BCUT2D eigenvalue weighted by Gasteiger charge is -2.40. The van der Waals surface area contributed by atoms with E-state index in [0.717, 1.165) is 52.3 Å². The number of anilines is 1. The lowest BCUT2D eigenvalue weighted by molar-refractivity contribution is 0.211. The van der Waals surface area contributed by atoms with Gasteiger partial charge in [-0.15, -0.1) is 5.10 Å². The third kappa shape index (κ3) is 3.53. The van der Waals surface area contributed by atoms with Crippen molar-refractivity contribution < 1.29 is 5.11 Å². The molecule has 0 saturated carbocycles. The number of aromatic nitrogens is 3. The minimum Gasteiger partial charge on any atom is -0.492 e. The molecule has 30 heavy (non-hydrogen) atoms. The fraction of sp³-hybridized carbons (Fsp3) is 0.273. The Bertz CT molecular complexity index is 1170. The van der Waals surface area contributed by atoms with Crippen molar-refractivity contribution in [3.63, 3.8) is 0 Å². The second kappa shape index (κ2) is 7.91. The maximum Gasteiger partial charge on any atom is 0.230 e. The summed E-state index contributed by atoms with van der Waals surface area (Å²) >= 11 is 7.69. The molecule has 3 heterocycles. The van der Waals surface area contributed by atoms with Crippen LogP contribution in [0.15, 0.2) is 54.6 Å². The number of aromatic hydroxyl groups is 1. The van der Waals surface area contributed by atoms with Crippen molar-refractivity contribution >= 4 is 33.6 Å². The summed E-state index contributed by atoms with van der Waals surface area (Å²) in [6, 6.07) is 18.3. The Hall–Kier alpha value is -2.61. The van der Waals surface area contributed by atoms with Crippen LogP contribution in [0.2, 0.25) is 5.02 Å². The molecule has 5 rings (SSSR count). The first kappa shape index (κ1) is 19.4. The number of aryl methyl sites for hydroxylation is 1. The zero-order valence-electron chi connectivity index (χ0n) is 16.6. The van der Waals surface area contributed by atoms with Gasteiger partial charge in [0.2, 0.25) is 10.8 Å². The molecule has 1 unspecified atom stereocenters. The van der Waals surface area contributed by atoms with Crippen LogP contribution in [-0.2, 0) is 0 Å². The van der Waals surface area contributed by atoms with Gasteiger partial charge in [-0.2, -0.15) is 4.52 Å². The van der Waals surface area contributed by atoms with Crippen molar-refractivity contribution in [2.45, 2.75) is 13.0 Å². The molecule has 1 N–H and O–H groups in total. The van der Waals surface area contributed by atoms with E-state index in [1.54, 1.807) is 4.52 Å². The molecule has 8 heteroatoms. The first-order chi connectivity index (χ1) is 14.6. The summed E-state index contributed by atoms with van der Waals surface area (Å²) in [5, 5.41) is 16.0. The normalized spacial score (nSPS) is 16.3. The van der Waals surface area contributed by atoms with E-state index in [0.29, 0.717) is 5.82 Å². The van der Waals surface area contributed by atoms with Gasteiger partial charge in [0, 0.05) is 36.9 Å². The minimum absolute atomic E-state index is 0.0403. The number of benzene rings is 2. The molecule has 4 aromatic rings. The number of nitrogens with zero attached hydrogens (tertiary/aromatic N) is 5. The van der Waals surface area contributed by atoms with E-state index in [9.17, 15) is 5.11 Å². The summed E-state index contributed by atoms with van der Waals surface area (Å²) in [7, 11) is 0. The molecule has 1 saturated heterocycles. The fourth-order valence-electron chi connectivity index (χ4n) is 4.10. The quantitative estimate of drug-likeness (QED) is 0.511. The molecule has 0 aliphatic carbocycles. The standard InChI is InChI=1S/C22H22ClN5OS/c1-15-24-22-28(25-15)21(29)20(30-22)19(16-6-3-2-4-7-16)27-12-10-26(11-13-27)18-9-5-8-17(23)14-18/h2-9,14,19,29H,10-13H2,1H3. The third-order valence-corrected chi connectivity index (χ3v) is 6.83. The summed E-state index contributed by atoms with van der Waals surface area (Å²) in [6.45, 7) is 5.37. The molecule has 0 spiro atoms. The maximum absolute atomic E-state index is 10.9. The highest BCUT2D eigenvalue weighted by atomic mass is 35.5. The van der Waals surface area contributed by atoms with Crippen LogP contribution in [0.25, 0.3) is 4.96 Å². The van der Waals surface area contributed by atoms with E-state index in [-0.39, 0.29) is 11.9 Å². The Morgan fingerprint density at radius 2 is 1.80 bits per heavy atom. The van der Waals surface area contributed by atoms with E-state index in [4.69, 9.17) is 11.6 Å². The van der Waals surface area contributed by atoms with Crippen LogP contribution < -0.4 is 4.90 Å². The molecule has 2 aromatic carbocycles. The van der Waals surface area contributed by atoms with Gasteiger partial charge in [-0.25, -0.2) is 4.98 Å². The van der Waals surface area contributed by atoms with Crippen LogP contribution >= 0.6 is 22.9 Å². The summed E-state index contributed by atoms with van der Waals surface area (Å²) < 4.78 is 1.55. The second-order valence-electron chi connectivity index (χ2n) is 7.46. The van der Waals surface area contributed by atoms with Crippen molar-refractivity contribution in [1.29, 1.82) is 0 Å². The predicted molar refractivity (Wildman–Crippen MR) is 121 cm³/mol. The summed E-state index contributed by atoms with van der Waals surface area (Å²) in [6.07, 6.45) is 0.